The maximum atomic E-state index is 10.5. The van der Waals surface area contributed by atoms with Gasteiger partial charge in [-0.05, 0) is 4.92 Å². The van der Waals surface area contributed by atoms with Gasteiger partial charge in [0.1, 0.15) is 12.4 Å². The predicted octanol–water partition coefficient (Wildman–Crippen LogP) is 0.776. The highest BCUT2D eigenvalue weighted by molar-refractivity contribution is 9.09. The number of aromatic nitrogens is 2. The van der Waals surface area contributed by atoms with E-state index in [-0.39, 0.29) is 5.95 Å². The zero-order valence-corrected chi connectivity index (χ0v) is 9.11. The Labute approximate surface area is 89.6 Å². The van der Waals surface area contributed by atoms with Gasteiger partial charge in [0.25, 0.3) is 0 Å². The first-order valence-electron chi connectivity index (χ1n) is 4.18. The number of hydrogen-bond acceptors (Lipinski definition) is 4. The third-order valence-electron chi connectivity index (χ3n) is 1.66. The highest BCUT2D eigenvalue weighted by Gasteiger charge is 2.12. The fourth-order valence-electron chi connectivity index (χ4n) is 1.04. The molecule has 0 aliphatic carbocycles. The van der Waals surface area contributed by atoms with Crippen LogP contribution in [0.15, 0.2) is 12.4 Å². The highest BCUT2D eigenvalue weighted by atomic mass is 79.9. The summed E-state index contributed by atoms with van der Waals surface area (Å²) in [4.78, 5) is 13.6. The molecule has 7 heteroatoms. The lowest BCUT2D eigenvalue weighted by Gasteiger charge is -2.02. The first-order valence-corrected chi connectivity index (χ1v) is 5.30. The molecule has 6 nitrogen and oxygen atoms in total. The van der Waals surface area contributed by atoms with Crippen molar-refractivity contribution in [2.45, 2.75) is 6.54 Å². The molecule has 0 bridgehead atoms. The average molecular weight is 263 g/mol. The van der Waals surface area contributed by atoms with Gasteiger partial charge in [0.05, 0.1) is 6.54 Å². The van der Waals surface area contributed by atoms with Gasteiger partial charge in [-0.15, -0.1) is 0 Å². The molecule has 78 valence electrons. The van der Waals surface area contributed by atoms with E-state index in [4.69, 9.17) is 0 Å². The van der Waals surface area contributed by atoms with Crippen LogP contribution < -0.4 is 5.32 Å². The zero-order valence-electron chi connectivity index (χ0n) is 7.52. The number of nitrogens with one attached hydrogen (secondary N) is 1. The number of halogens is 1. The van der Waals surface area contributed by atoms with E-state index in [9.17, 15) is 10.1 Å². The molecule has 1 N–H and O–H groups in total. The van der Waals surface area contributed by atoms with E-state index in [0.717, 1.165) is 11.9 Å². The van der Waals surface area contributed by atoms with Crippen LogP contribution in [0.3, 0.4) is 0 Å². The summed E-state index contributed by atoms with van der Waals surface area (Å²) >= 11 is 3.28. The molecule has 0 saturated heterocycles. The summed E-state index contributed by atoms with van der Waals surface area (Å²) in [5, 5.41) is 14.5. The molecule has 0 aliphatic heterocycles. The first kappa shape index (κ1) is 11.1. The summed E-state index contributed by atoms with van der Waals surface area (Å²) in [5.74, 6) is -0.106. The fourth-order valence-corrected chi connectivity index (χ4v) is 1.32. The molecule has 14 heavy (non-hydrogen) atoms. The van der Waals surface area contributed by atoms with Gasteiger partial charge in [-0.1, -0.05) is 20.9 Å². The Bertz CT molecular complexity index is 302. The second-order valence-electron chi connectivity index (χ2n) is 2.62. The number of hydrogen-bond donors (Lipinski definition) is 1. The van der Waals surface area contributed by atoms with Crippen LogP contribution in [0.5, 0.6) is 0 Å². The minimum absolute atomic E-state index is 0.106. The number of nitrogens with zero attached hydrogens (tertiary/aromatic N) is 3. The lowest BCUT2D eigenvalue weighted by molar-refractivity contribution is -0.396. The van der Waals surface area contributed by atoms with Crippen molar-refractivity contribution in [1.82, 2.24) is 14.9 Å². The zero-order chi connectivity index (χ0) is 10.4. The normalized spacial score (nSPS) is 10.4. The summed E-state index contributed by atoms with van der Waals surface area (Å²) in [5.41, 5.74) is 0. The Morgan fingerprint density at radius 2 is 2.43 bits per heavy atom. The largest absolute Gasteiger partial charge is 0.434 e. The van der Waals surface area contributed by atoms with E-state index in [2.05, 4.69) is 26.2 Å². The molecular formula is C7H11BrN4O2. The van der Waals surface area contributed by atoms with Crippen LogP contribution >= 0.6 is 15.9 Å². The van der Waals surface area contributed by atoms with Gasteiger partial charge in [0, 0.05) is 18.4 Å². The van der Waals surface area contributed by atoms with Gasteiger partial charge in [0.15, 0.2) is 0 Å². The summed E-state index contributed by atoms with van der Waals surface area (Å²) < 4.78 is 1.52. The van der Waals surface area contributed by atoms with Gasteiger partial charge < -0.3 is 15.4 Å². The SMILES string of the molecule is O=[N+]([O-])c1nccn1CCNCCBr. The molecule has 1 heterocycles. The van der Waals surface area contributed by atoms with E-state index in [1.165, 1.54) is 10.8 Å². The van der Waals surface area contributed by atoms with Crippen LogP contribution in [-0.4, -0.2) is 32.9 Å². The maximum Gasteiger partial charge on any atom is 0.434 e. The second-order valence-corrected chi connectivity index (χ2v) is 3.41. The topological polar surface area (TPSA) is 73.0 Å². The second kappa shape index (κ2) is 5.71. The van der Waals surface area contributed by atoms with Crippen molar-refractivity contribution in [3.63, 3.8) is 0 Å². The minimum Gasteiger partial charge on any atom is -0.390 e. The molecule has 1 aromatic rings. The summed E-state index contributed by atoms with van der Waals surface area (Å²) in [6.07, 6.45) is 3.04. The van der Waals surface area contributed by atoms with Crippen molar-refractivity contribution in [2.75, 3.05) is 18.4 Å². The van der Waals surface area contributed by atoms with E-state index >= 15 is 0 Å². The molecule has 1 rings (SSSR count). The summed E-state index contributed by atoms with van der Waals surface area (Å²) in [7, 11) is 0. The van der Waals surface area contributed by atoms with Crippen LogP contribution in [0.2, 0.25) is 0 Å². The third kappa shape index (κ3) is 3.08. The molecular weight excluding hydrogens is 252 g/mol. The van der Waals surface area contributed by atoms with Crippen molar-refractivity contribution < 1.29 is 4.92 Å². The Balaban J connectivity index is 2.42. The molecule has 0 aromatic carbocycles. The lowest BCUT2D eigenvalue weighted by Crippen LogP contribution is -2.22. The molecule has 0 saturated carbocycles. The number of imidazole rings is 1. The van der Waals surface area contributed by atoms with Crippen LogP contribution in [0, 0.1) is 10.1 Å². The highest BCUT2D eigenvalue weighted by Crippen LogP contribution is 2.05. The van der Waals surface area contributed by atoms with Crippen molar-refractivity contribution in [1.29, 1.82) is 0 Å². The molecule has 0 atom stereocenters. The number of rotatable bonds is 6. The van der Waals surface area contributed by atoms with Gasteiger partial charge in [0.2, 0.25) is 0 Å². The molecule has 0 amide bonds. The fraction of sp³-hybridized carbons (Fsp3) is 0.571. The summed E-state index contributed by atoms with van der Waals surface area (Å²) in [6, 6.07) is 0. The minimum atomic E-state index is -0.482. The predicted molar refractivity (Wildman–Crippen MR) is 55.5 cm³/mol. The van der Waals surface area contributed by atoms with Gasteiger partial charge in [-0.25, -0.2) is 4.57 Å². The lowest BCUT2D eigenvalue weighted by atomic mass is 10.6. The smallest absolute Gasteiger partial charge is 0.390 e. The molecule has 0 aliphatic rings. The van der Waals surface area contributed by atoms with E-state index < -0.39 is 4.92 Å². The van der Waals surface area contributed by atoms with E-state index in [0.29, 0.717) is 13.1 Å². The Hall–Kier alpha value is -0.950. The van der Waals surface area contributed by atoms with E-state index in [1.807, 2.05) is 0 Å². The molecule has 1 aromatic heterocycles. The van der Waals surface area contributed by atoms with Gasteiger partial charge in [-0.3, -0.25) is 0 Å². The monoisotopic (exact) mass is 262 g/mol. The molecule has 0 spiro atoms. The van der Waals surface area contributed by atoms with Crippen molar-refractivity contribution in [3.8, 4) is 0 Å². The van der Waals surface area contributed by atoms with Crippen molar-refractivity contribution >= 4 is 21.9 Å². The molecule has 0 radical (unpaired) electrons. The number of nitro groups is 1. The summed E-state index contributed by atoms with van der Waals surface area (Å²) in [6.45, 7) is 2.11. The number of alkyl halides is 1. The quantitative estimate of drug-likeness (QED) is 0.356. The van der Waals surface area contributed by atoms with Crippen LogP contribution in [0.1, 0.15) is 0 Å². The Morgan fingerprint density at radius 3 is 3.07 bits per heavy atom. The van der Waals surface area contributed by atoms with Crippen LogP contribution in [-0.2, 0) is 6.54 Å². The average Bonchev–Trinajstić information content (AvgIpc) is 2.60. The standard InChI is InChI=1S/C7H11BrN4O2/c8-1-2-9-3-5-11-6-4-10-7(11)12(13)14/h4,6,9H,1-3,5H2. The van der Waals surface area contributed by atoms with Gasteiger partial charge in [-0.2, -0.15) is 0 Å². The van der Waals surface area contributed by atoms with Crippen LogP contribution in [0.25, 0.3) is 0 Å². The Kier molecular flexibility index (Phi) is 4.54. The third-order valence-corrected chi connectivity index (χ3v) is 2.05. The Morgan fingerprint density at radius 1 is 1.64 bits per heavy atom. The van der Waals surface area contributed by atoms with Crippen molar-refractivity contribution in [3.05, 3.63) is 22.5 Å². The molecule has 0 fully saturated rings. The maximum absolute atomic E-state index is 10.5. The molecule has 0 unspecified atom stereocenters. The van der Waals surface area contributed by atoms with Crippen molar-refractivity contribution in [2.24, 2.45) is 0 Å². The van der Waals surface area contributed by atoms with Gasteiger partial charge >= 0.3 is 5.95 Å². The van der Waals surface area contributed by atoms with Crippen LogP contribution in [0.4, 0.5) is 5.95 Å². The van der Waals surface area contributed by atoms with E-state index in [1.54, 1.807) is 6.20 Å². The first-order chi connectivity index (χ1) is 6.75.